The molecular weight excluding hydrogens is 316 g/mol. The van der Waals surface area contributed by atoms with Crippen molar-refractivity contribution in [3.63, 3.8) is 0 Å². The molecule has 1 saturated heterocycles. The Morgan fingerprint density at radius 2 is 2.22 bits per heavy atom. The lowest BCUT2D eigenvalue weighted by Crippen LogP contribution is -2.51. The molecule has 0 N–H and O–H groups in total. The van der Waals surface area contributed by atoms with Gasteiger partial charge in [0.15, 0.2) is 11.5 Å². The van der Waals surface area contributed by atoms with Crippen LogP contribution < -0.4 is 0 Å². The average Bonchev–Trinajstić information content (AvgIpc) is 3.23. The van der Waals surface area contributed by atoms with Gasteiger partial charge in [0.25, 0.3) is 5.91 Å². The second-order valence-electron chi connectivity index (χ2n) is 5.99. The van der Waals surface area contributed by atoms with E-state index in [-0.39, 0.29) is 18.1 Å². The second-order valence-corrected chi connectivity index (χ2v) is 6.43. The molecule has 1 saturated carbocycles. The quantitative estimate of drug-likeness (QED) is 0.846. The van der Waals surface area contributed by atoms with Gasteiger partial charge in [0.1, 0.15) is 0 Å². The zero-order valence-corrected chi connectivity index (χ0v) is 13.3. The number of nitrogens with zero attached hydrogens (tertiary/aromatic N) is 2. The zero-order valence-electron chi connectivity index (χ0n) is 12.6. The van der Waals surface area contributed by atoms with Crippen molar-refractivity contribution in [2.45, 2.75) is 31.4 Å². The molecule has 0 spiro atoms. The first-order valence-electron chi connectivity index (χ1n) is 7.87. The molecule has 0 bridgehead atoms. The maximum Gasteiger partial charge on any atom is 0.276 e. The van der Waals surface area contributed by atoms with E-state index in [1.807, 2.05) is 17.0 Å². The van der Waals surface area contributed by atoms with Crippen molar-refractivity contribution < 1.29 is 14.1 Å². The van der Waals surface area contributed by atoms with Crippen LogP contribution in [0.25, 0.3) is 11.3 Å². The first-order chi connectivity index (χ1) is 11.2. The third-order valence-electron chi connectivity index (χ3n) is 4.58. The van der Waals surface area contributed by atoms with E-state index in [0.29, 0.717) is 29.6 Å². The molecule has 2 unspecified atom stereocenters. The van der Waals surface area contributed by atoms with Crippen LogP contribution in [0, 0.1) is 0 Å². The standard InChI is InChI=1S/C17H17ClN2O3/c18-12-4-1-3-11(9-12)16-10-13(19-23-16)17(21)20-7-8-22-15-6-2-5-14(15)20/h1,3-4,9-10,14-15H,2,5-8H2. The van der Waals surface area contributed by atoms with Crippen LogP contribution in [-0.2, 0) is 4.74 Å². The van der Waals surface area contributed by atoms with Gasteiger partial charge < -0.3 is 14.2 Å². The number of aromatic nitrogens is 1. The lowest BCUT2D eigenvalue weighted by molar-refractivity contribution is -0.0448. The fourth-order valence-corrected chi connectivity index (χ4v) is 3.67. The summed E-state index contributed by atoms with van der Waals surface area (Å²) in [5, 5.41) is 4.58. The molecule has 120 valence electrons. The molecule has 1 amide bonds. The van der Waals surface area contributed by atoms with E-state index >= 15 is 0 Å². The van der Waals surface area contributed by atoms with Gasteiger partial charge in [-0.1, -0.05) is 28.9 Å². The van der Waals surface area contributed by atoms with Gasteiger partial charge in [-0.25, -0.2) is 0 Å². The summed E-state index contributed by atoms with van der Waals surface area (Å²) >= 11 is 6.00. The van der Waals surface area contributed by atoms with E-state index in [0.717, 1.165) is 24.8 Å². The van der Waals surface area contributed by atoms with E-state index in [4.69, 9.17) is 20.9 Å². The van der Waals surface area contributed by atoms with Crippen molar-refractivity contribution in [2.24, 2.45) is 0 Å². The lowest BCUT2D eigenvalue weighted by Gasteiger charge is -2.37. The Labute approximate surface area is 139 Å². The van der Waals surface area contributed by atoms with Crippen LogP contribution in [-0.4, -0.2) is 41.3 Å². The minimum Gasteiger partial charge on any atom is -0.374 e. The Hall–Kier alpha value is -1.85. The number of amides is 1. The highest BCUT2D eigenvalue weighted by Crippen LogP contribution is 2.31. The highest BCUT2D eigenvalue weighted by molar-refractivity contribution is 6.30. The summed E-state index contributed by atoms with van der Waals surface area (Å²) in [6.07, 6.45) is 3.30. The Morgan fingerprint density at radius 1 is 1.30 bits per heavy atom. The van der Waals surface area contributed by atoms with Crippen molar-refractivity contribution in [3.05, 3.63) is 41.0 Å². The number of hydrogen-bond donors (Lipinski definition) is 0. The number of benzene rings is 1. The molecule has 0 radical (unpaired) electrons. The number of carbonyl (C=O) groups is 1. The van der Waals surface area contributed by atoms with Gasteiger partial charge in [-0.05, 0) is 31.4 Å². The molecule has 4 rings (SSSR count). The molecule has 1 aromatic heterocycles. The van der Waals surface area contributed by atoms with Crippen LogP contribution in [0.4, 0.5) is 0 Å². The van der Waals surface area contributed by atoms with Gasteiger partial charge in [-0.2, -0.15) is 0 Å². The normalized spacial score (nSPS) is 23.8. The fraction of sp³-hybridized carbons (Fsp3) is 0.412. The number of fused-ring (bicyclic) bond motifs is 1. The molecular formula is C17H17ClN2O3. The highest BCUT2D eigenvalue weighted by atomic mass is 35.5. The molecule has 1 aliphatic carbocycles. The third-order valence-corrected chi connectivity index (χ3v) is 4.82. The number of rotatable bonds is 2. The predicted molar refractivity (Wildman–Crippen MR) is 85.4 cm³/mol. The summed E-state index contributed by atoms with van der Waals surface area (Å²) in [6, 6.07) is 9.16. The van der Waals surface area contributed by atoms with Crippen LogP contribution in [0.5, 0.6) is 0 Å². The number of carbonyl (C=O) groups excluding carboxylic acids is 1. The van der Waals surface area contributed by atoms with Gasteiger partial charge in [0.2, 0.25) is 0 Å². The van der Waals surface area contributed by atoms with Crippen LogP contribution >= 0.6 is 11.6 Å². The highest BCUT2D eigenvalue weighted by Gasteiger charge is 2.39. The summed E-state index contributed by atoms with van der Waals surface area (Å²) in [4.78, 5) is 14.7. The van der Waals surface area contributed by atoms with Gasteiger partial charge >= 0.3 is 0 Å². The smallest absolute Gasteiger partial charge is 0.276 e. The van der Waals surface area contributed by atoms with Crippen LogP contribution in [0.15, 0.2) is 34.9 Å². The topological polar surface area (TPSA) is 55.6 Å². The number of halogens is 1. The molecule has 23 heavy (non-hydrogen) atoms. The predicted octanol–water partition coefficient (Wildman–Crippen LogP) is 3.39. The molecule has 6 heteroatoms. The minimum atomic E-state index is -0.0813. The third kappa shape index (κ3) is 2.75. The maximum absolute atomic E-state index is 12.8. The maximum atomic E-state index is 12.8. The minimum absolute atomic E-state index is 0.0813. The van der Waals surface area contributed by atoms with Crippen molar-refractivity contribution >= 4 is 17.5 Å². The summed E-state index contributed by atoms with van der Waals surface area (Å²) in [7, 11) is 0. The number of hydrogen-bond acceptors (Lipinski definition) is 4. The molecule has 1 aromatic carbocycles. The Kier molecular flexibility index (Phi) is 3.83. The van der Waals surface area contributed by atoms with Crippen molar-refractivity contribution in [1.29, 1.82) is 0 Å². The molecule has 2 atom stereocenters. The largest absolute Gasteiger partial charge is 0.374 e. The second kappa shape index (κ2) is 5.98. The summed E-state index contributed by atoms with van der Waals surface area (Å²) in [6.45, 7) is 1.20. The van der Waals surface area contributed by atoms with E-state index in [1.165, 1.54) is 0 Å². The van der Waals surface area contributed by atoms with E-state index < -0.39 is 0 Å². The van der Waals surface area contributed by atoms with Crippen molar-refractivity contribution in [1.82, 2.24) is 10.1 Å². The molecule has 2 fully saturated rings. The van der Waals surface area contributed by atoms with E-state index in [1.54, 1.807) is 18.2 Å². The van der Waals surface area contributed by atoms with Gasteiger partial charge in [0, 0.05) is 23.2 Å². The summed E-state index contributed by atoms with van der Waals surface area (Å²) < 4.78 is 11.1. The Morgan fingerprint density at radius 3 is 3.09 bits per heavy atom. The van der Waals surface area contributed by atoms with Crippen LogP contribution in [0.1, 0.15) is 29.8 Å². The number of ether oxygens (including phenoxy) is 1. The monoisotopic (exact) mass is 332 g/mol. The van der Waals surface area contributed by atoms with Gasteiger partial charge in [-0.15, -0.1) is 0 Å². The molecule has 2 heterocycles. The molecule has 1 aliphatic heterocycles. The summed E-state index contributed by atoms with van der Waals surface area (Å²) in [5.74, 6) is 0.467. The van der Waals surface area contributed by atoms with Gasteiger partial charge in [-0.3, -0.25) is 4.79 Å². The van der Waals surface area contributed by atoms with Crippen molar-refractivity contribution in [2.75, 3.05) is 13.2 Å². The fourth-order valence-electron chi connectivity index (χ4n) is 3.48. The Balaban J connectivity index is 1.57. The van der Waals surface area contributed by atoms with E-state index in [9.17, 15) is 4.79 Å². The molecule has 2 aromatic rings. The zero-order chi connectivity index (χ0) is 15.8. The molecule has 2 aliphatic rings. The van der Waals surface area contributed by atoms with Gasteiger partial charge in [0.05, 0.1) is 18.8 Å². The average molecular weight is 333 g/mol. The lowest BCUT2D eigenvalue weighted by atomic mass is 10.1. The molecule has 5 nitrogen and oxygen atoms in total. The van der Waals surface area contributed by atoms with E-state index in [2.05, 4.69) is 5.16 Å². The first-order valence-corrected chi connectivity index (χ1v) is 8.25. The van der Waals surface area contributed by atoms with Crippen molar-refractivity contribution in [3.8, 4) is 11.3 Å². The number of morpholine rings is 1. The summed E-state index contributed by atoms with van der Waals surface area (Å²) in [5.41, 5.74) is 1.15. The van der Waals surface area contributed by atoms with Crippen LogP contribution in [0.3, 0.4) is 0 Å². The Bertz CT molecular complexity index is 730. The first kappa shape index (κ1) is 14.7. The SMILES string of the molecule is O=C(c1cc(-c2cccc(Cl)c2)on1)N1CCOC2CCCC21. The van der Waals surface area contributed by atoms with Crippen LogP contribution in [0.2, 0.25) is 5.02 Å².